The maximum absolute atomic E-state index is 10.1. The molecular formula is C26H30N6OS. The van der Waals surface area contributed by atoms with Gasteiger partial charge in [-0.15, -0.1) is 16.4 Å². The second kappa shape index (κ2) is 8.94. The van der Waals surface area contributed by atoms with Gasteiger partial charge in [0.2, 0.25) is 0 Å². The third-order valence-corrected chi connectivity index (χ3v) is 7.41. The van der Waals surface area contributed by atoms with Crippen LogP contribution in [0.5, 0.6) is 0 Å². The molecule has 0 bridgehead atoms. The van der Waals surface area contributed by atoms with Gasteiger partial charge in [-0.05, 0) is 62.0 Å². The monoisotopic (exact) mass is 474 g/mol. The lowest BCUT2D eigenvalue weighted by Crippen LogP contribution is -2.60. The molecule has 1 aliphatic rings. The first-order valence-electron chi connectivity index (χ1n) is 11.5. The molecule has 1 saturated heterocycles. The van der Waals surface area contributed by atoms with E-state index >= 15 is 0 Å². The van der Waals surface area contributed by atoms with Gasteiger partial charge < -0.3 is 20.6 Å². The molecule has 1 aromatic carbocycles. The Morgan fingerprint density at radius 3 is 2.76 bits per heavy atom. The molecule has 0 spiro atoms. The van der Waals surface area contributed by atoms with E-state index in [0.29, 0.717) is 13.1 Å². The zero-order valence-electron chi connectivity index (χ0n) is 20.0. The number of aryl methyl sites for hydroxylation is 1. The summed E-state index contributed by atoms with van der Waals surface area (Å²) in [5.74, 6) is 0.722. The molecule has 0 unspecified atom stereocenters. The van der Waals surface area contributed by atoms with Gasteiger partial charge in [0.25, 0.3) is 0 Å². The molecular weight excluding hydrogens is 444 g/mol. The minimum atomic E-state index is -0.639. The number of nitrogens with zero attached hydrogens (tertiary/aromatic N) is 4. The predicted octanol–water partition coefficient (Wildman–Crippen LogP) is 4.53. The van der Waals surface area contributed by atoms with Gasteiger partial charge in [-0.2, -0.15) is 5.10 Å². The van der Waals surface area contributed by atoms with Gasteiger partial charge in [0, 0.05) is 29.9 Å². The van der Waals surface area contributed by atoms with E-state index in [0.717, 1.165) is 34.6 Å². The maximum Gasteiger partial charge on any atom is 0.158 e. The second-order valence-corrected chi connectivity index (χ2v) is 10.3. The first-order valence-corrected chi connectivity index (χ1v) is 12.4. The molecule has 34 heavy (non-hydrogen) atoms. The predicted molar refractivity (Wildman–Crippen MR) is 139 cm³/mol. The first kappa shape index (κ1) is 22.7. The molecule has 7 nitrogen and oxygen atoms in total. The number of fused-ring (bicyclic) bond motifs is 1. The summed E-state index contributed by atoms with van der Waals surface area (Å²) in [4.78, 5) is 8.03. The van der Waals surface area contributed by atoms with E-state index in [1.165, 1.54) is 21.6 Å². The van der Waals surface area contributed by atoms with Crippen LogP contribution in [-0.2, 0) is 6.54 Å². The average Bonchev–Trinajstić information content (AvgIpc) is 3.30. The molecule has 3 aromatic heterocycles. The van der Waals surface area contributed by atoms with Crippen molar-refractivity contribution < 1.29 is 5.11 Å². The van der Waals surface area contributed by atoms with E-state index in [2.05, 4.69) is 79.4 Å². The fourth-order valence-corrected chi connectivity index (χ4v) is 5.45. The number of anilines is 2. The summed E-state index contributed by atoms with van der Waals surface area (Å²) in [6.45, 7) is 7.97. The van der Waals surface area contributed by atoms with E-state index in [1.54, 1.807) is 11.3 Å². The number of hydrogen-bond acceptors (Lipinski definition) is 8. The Morgan fingerprint density at radius 1 is 1.21 bits per heavy atom. The van der Waals surface area contributed by atoms with Crippen molar-refractivity contribution in [3.8, 4) is 11.1 Å². The van der Waals surface area contributed by atoms with Crippen molar-refractivity contribution in [1.82, 2.24) is 20.5 Å². The van der Waals surface area contributed by atoms with Gasteiger partial charge in [0.1, 0.15) is 0 Å². The highest BCUT2D eigenvalue weighted by molar-refractivity contribution is 7.10. The molecule has 5 rings (SSSR count). The van der Waals surface area contributed by atoms with Gasteiger partial charge in [-0.3, -0.25) is 4.98 Å². The summed E-state index contributed by atoms with van der Waals surface area (Å²) in [7, 11) is 1.97. The maximum atomic E-state index is 10.1. The minimum Gasteiger partial charge on any atom is -0.386 e. The second-order valence-electron chi connectivity index (χ2n) is 9.37. The van der Waals surface area contributed by atoms with Crippen LogP contribution in [0, 0.1) is 6.92 Å². The molecule has 3 N–H and O–H groups in total. The van der Waals surface area contributed by atoms with Crippen LogP contribution >= 0.6 is 11.3 Å². The zero-order chi connectivity index (χ0) is 23.9. The molecule has 1 fully saturated rings. The molecule has 0 saturated carbocycles. The van der Waals surface area contributed by atoms with E-state index in [4.69, 9.17) is 0 Å². The van der Waals surface area contributed by atoms with Crippen LogP contribution in [0.3, 0.4) is 0 Å². The first-order chi connectivity index (χ1) is 16.3. The fourth-order valence-electron chi connectivity index (χ4n) is 4.53. The summed E-state index contributed by atoms with van der Waals surface area (Å²) >= 11 is 1.74. The van der Waals surface area contributed by atoms with E-state index in [1.807, 2.05) is 27.1 Å². The smallest absolute Gasteiger partial charge is 0.158 e. The molecule has 0 aliphatic carbocycles. The van der Waals surface area contributed by atoms with Crippen molar-refractivity contribution in [2.45, 2.75) is 39.0 Å². The van der Waals surface area contributed by atoms with Crippen LogP contribution in [0.15, 0.2) is 48.0 Å². The Hall–Kier alpha value is -3.07. The molecule has 4 heterocycles. The van der Waals surface area contributed by atoms with Gasteiger partial charge in [0.15, 0.2) is 5.82 Å². The number of thiophene rings is 1. The van der Waals surface area contributed by atoms with Crippen LogP contribution in [0.4, 0.5) is 11.5 Å². The third-order valence-electron chi connectivity index (χ3n) is 6.29. The van der Waals surface area contributed by atoms with Gasteiger partial charge in [0.05, 0.1) is 34.7 Å². The minimum absolute atomic E-state index is 0.0591. The molecule has 4 aromatic rings. The number of benzene rings is 1. The zero-order valence-corrected chi connectivity index (χ0v) is 20.8. The van der Waals surface area contributed by atoms with Crippen molar-refractivity contribution in [2.75, 3.05) is 30.4 Å². The van der Waals surface area contributed by atoms with Crippen molar-refractivity contribution in [3.05, 3.63) is 64.1 Å². The van der Waals surface area contributed by atoms with Crippen LogP contribution in [-0.4, -0.2) is 46.0 Å². The molecule has 1 aliphatic heterocycles. The number of aliphatic hydroxyl groups is 1. The average molecular weight is 475 g/mol. The lowest BCUT2D eigenvalue weighted by molar-refractivity contribution is 0.0310. The summed E-state index contributed by atoms with van der Waals surface area (Å²) < 4.78 is 0. The van der Waals surface area contributed by atoms with E-state index in [9.17, 15) is 5.11 Å². The van der Waals surface area contributed by atoms with Crippen molar-refractivity contribution in [2.24, 2.45) is 0 Å². The number of β-amino-alcohol motifs (C(OH)–C–C–N with tert-alkyl or cyclic N) is 1. The molecule has 0 radical (unpaired) electrons. The fraction of sp³-hybridized carbons (Fsp3) is 0.346. The quantitative estimate of drug-likeness (QED) is 0.363. The largest absolute Gasteiger partial charge is 0.386 e. The highest BCUT2D eigenvalue weighted by Gasteiger charge is 2.36. The molecule has 8 heteroatoms. The van der Waals surface area contributed by atoms with Crippen LogP contribution < -0.4 is 15.5 Å². The number of rotatable bonds is 7. The van der Waals surface area contributed by atoms with Crippen LogP contribution in [0.25, 0.3) is 22.0 Å². The SMILES string of the molecule is CNCc1ccccc1-c1csc([C@@H](C)Nc2nnc(C)c3ncc(N4CC(C)(O)C4)cc23)c1. The normalized spacial score (nSPS) is 15.9. The number of pyridine rings is 1. The highest BCUT2D eigenvalue weighted by Crippen LogP contribution is 2.35. The van der Waals surface area contributed by atoms with E-state index in [-0.39, 0.29) is 6.04 Å². The van der Waals surface area contributed by atoms with Gasteiger partial charge in [-0.1, -0.05) is 24.3 Å². The van der Waals surface area contributed by atoms with Gasteiger partial charge in [-0.25, -0.2) is 0 Å². The highest BCUT2D eigenvalue weighted by atomic mass is 32.1. The summed E-state index contributed by atoms with van der Waals surface area (Å²) in [6.07, 6.45) is 1.85. The number of nitrogens with one attached hydrogen (secondary N) is 2. The number of hydrogen-bond donors (Lipinski definition) is 3. The van der Waals surface area contributed by atoms with E-state index < -0.39 is 5.60 Å². The molecule has 176 valence electrons. The van der Waals surface area contributed by atoms with Crippen molar-refractivity contribution in [3.63, 3.8) is 0 Å². The molecule has 0 amide bonds. The lowest BCUT2D eigenvalue weighted by atomic mass is 9.96. The summed E-state index contributed by atoms with van der Waals surface area (Å²) in [6, 6.07) is 12.9. The van der Waals surface area contributed by atoms with Crippen LogP contribution in [0.1, 0.15) is 36.0 Å². The Balaban J connectivity index is 1.42. The number of aromatic nitrogens is 3. The Bertz CT molecular complexity index is 1330. The van der Waals surface area contributed by atoms with Crippen LogP contribution in [0.2, 0.25) is 0 Å². The van der Waals surface area contributed by atoms with Crippen molar-refractivity contribution >= 4 is 33.7 Å². The topological polar surface area (TPSA) is 86.2 Å². The van der Waals surface area contributed by atoms with Gasteiger partial charge >= 0.3 is 0 Å². The summed E-state index contributed by atoms with van der Waals surface area (Å²) in [5.41, 5.74) is 5.76. The van der Waals surface area contributed by atoms with Crippen molar-refractivity contribution in [1.29, 1.82) is 0 Å². The molecule has 1 atom stereocenters. The Kier molecular flexibility index (Phi) is 5.97. The third kappa shape index (κ3) is 4.36. The summed E-state index contributed by atoms with van der Waals surface area (Å²) in [5, 5.41) is 28.9. The Labute approximate surface area is 203 Å². The lowest BCUT2D eigenvalue weighted by Gasteiger charge is -2.45. The standard InChI is InChI=1S/C26H30N6OS/c1-16(23-9-19(13-34-23)21-8-6-5-7-18(21)11-27-4)29-25-22-10-20(32-14-26(3,33)15-32)12-28-24(22)17(2)30-31-25/h5-10,12-13,16,27,33H,11,14-15H2,1-4H3,(H,29,31)/t16-/m1/s1. The Morgan fingerprint density at radius 2 is 2.00 bits per heavy atom.